The van der Waals surface area contributed by atoms with Crippen LogP contribution in [0.2, 0.25) is 0 Å². The van der Waals surface area contributed by atoms with Crippen LogP contribution in [0, 0.1) is 5.82 Å². The van der Waals surface area contributed by atoms with Crippen molar-refractivity contribution in [2.24, 2.45) is 0 Å². The number of anilines is 1. The molecule has 1 aliphatic heterocycles. The third kappa shape index (κ3) is 4.46. The van der Waals surface area contributed by atoms with Crippen molar-refractivity contribution in [2.45, 2.75) is 43.9 Å². The average Bonchev–Trinajstić information content (AvgIpc) is 3.66. The molecule has 1 N–H and O–H groups in total. The van der Waals surface area contributed by atoms with Gasteiger partial charge in [-0.3, -0.25) is 4.98 Å². The molecular weight excluding hydrogens is 473 g/mol. The van der Waals surface area contributed by atoms with E-state index in [0.29, 0.717) is 17.0 Å². The summed E-state index contributed by atoms with van der Waals surface area (Å²) in [6, 6.07) is 23.6. The molecule has 2 aromatic heterocycles. The van der Waals surface area contributed by atoms with Gasteiger partial charge in [0.05, 0.1) is 17.8 Å². The predicted octanol–water partition coefficient (Wildman–Crippen LogP) is 6.98. The van der Waals surface area contributed by atoms with Gasteiger partial charge >= 0.3 is 0 Å². The predicted molar refractivity (Wildman–Crippen MR) is 141 cm³/mol. The fourth-order valence-corrected chi connectivity index (χ4v) is 5.43. The molecule has 2 fully saturated rings. The van der Waals surface area contributed by atoms with Gasteiger partial charge < -0.3 is 19.4 Å². The SMILES string of the molecule is Fc1ccc(-c2ccc([C@@H]3[C@@H](c4ccccn4)NC(=S)N3c3ccc(OC4CCCC4)cc3)o2)cc1. The Morgan fingerprint density at radius 2 is 1.72 bits per heavy atom. The highest BCUT2D eigenvalue weighted by molar-refractivity contribution is 7.80. The molecule has 1 saturated carbocycles. The van der Waals surface area contributed by atoms with Gasteiger partial charge in [-0.1, -0.05) is 6.07 Å². The monoisotopic (exact) mass is 499 g/mol. The quantitative estimate of drug-likeness (QED) is 0.289. The van der Waals surface area contributed by atoms with Crippen molar-refractivity contribution < 1.29 is 13.5 Å². The maximum atomic E-state index is 13.4. The van der Waals surface area contributed by atoms with Crippen LogP contribution in [0.3, 0.4) is 0 Å². The number of pyridine rings is 1. The first kappa shape index (κ1) is 22.7. The third-order valence-electron chi connectivity index (χ3n) is 6.86. The van der Waals surface area contributed by atoms with Crippen molar-refractivity contribution in [1.29, 1.82) is 0 Å². The summed E-state index contributed by atoms with van der Waals surface area (Å²) in [5.74, 6) is 2.00. The lowest BCUT2D eigenvalue weighted by molar-refractivity contribution is 0.210. The lowest BCUT2D eigenvalue weighted by Crippen LogP contribution is -2.29. The van der Waals surface area contributed by atoms with Gasteiger partial charge in [0.2, 0.25) is 0 Å². The van der Waals surface area contributed by atoms with Crippen LogP contribution in [0.15, 0.2) is 89.5 Å². The summed E-state index contributed by atoms with van der Waals surface area (Å²) in [6.07, 6.45) is 6.78. The molecule has 0 unspecified atom stereocenters. The van der Waals surface area contributed by atoms with Crippen LogP contribution in [0.1, 0.15) is 49.2 Å². The summed E-state index contributed by atoms with van der Waals surface area (Å²) in [5.41, 5.74) is 2.62. The molecule has 2 aliphatic rings. The van der Waals surface area contributed by atoms with E-state index >= 15 is 0 Å². The molecule has 2 aromatic carbocycles. The Labute approximate surface area is 214 Å². The number of aromatic nitrogens is 1. The Balaban J connectivity index is 1.34. The van der Waals surface area contributed by atoms with Crippen molar-refractivity contribution in [3.8, 4) is 17.1 Å². The number of thiocarbonyl (C=S) groups is 1. The molecular formula is C29H26FN3O2S. The molecule has 36 heavy (non-hydrogen) atoms. The van der Waals surface area contributed by atoms with Gasteiger partial charge in [0, 0.05) is 17.4 Å². The second kappa shape index (κ2) is 9.74. The number of nitrogens with one attached hydrogen (secondary N) is 1. The second-order valence-electron chi connectivity index (χ2n) is 9.22. The van der Waals surface area contributed by atoms with Gasteiger partial charge in [-0.05, 0) is 111 Å². The van der Waals surface area contributed by atoms with Crippen LogP contribution in [0.25, 0.3) is 11.3 Å². The number of ether oxygens (including phenoxy) is 1. The van der Waals surface area contributed by atoms with E-state index in [9.17, 15) is 4.39 Å². The van der Waals surface area contributed by atoms with E-state index in [2.05, 4.69) is 15.2 Å². The zero-order valence-corrected chi connectivity index (χ0v) is 20.5. The zero-order valence-electron chi connectivity index (χ0n) is 19.6. The van der Waals surface area contributed by atoms with E-state index in [1.54, 1.807) is 18.3 Å². The normalized spacial score (nSPS) is 20.0. The summed E-state index contributed by atoms with van der Waals surface area (Å²) in [5, 5.41) is 4.05. The maximum absolute atomic E-state index is 13.4. The van der Waals surface area contributed by atoms with Gasteiger partial charge in [0.1, 0.15) is 29.1 Å². The first-order chi connectivity index (χ1) is 17.7. The smallest absolute Gasteiger partial charge is 0.174 e. The Kier molecular flexibility index (Phi) is 6.15. The van der Waals surface area contributed by atoms with Crippen LogP contribution in [-0.2, 0) is 0 Å². The number of hydrogen-bond acceptors (Lipinski definition) is 4. The van der Waals surface area contributed by atoms with E-state index in [0.717, 1.165) is 41.3 Å². The molecule has 0 spiro atoms. The molecule has 0 bridgehead atoms. The first-order valence-corrected chi connectivity index (χ1v) is 12.7. The summed E-state index contributed by atoms with van der Waals surface area (Å²) in [4.78, 5) is 6.66. The largest absolute Gasteiger partial charge is 0.490 e. The fourth-order valence-electron chi connectivity index (χ4n) is 5.09. The number of nitrogens with zero attached hydrogens (tertiary/aromatic N) is 2. The molecule has 5 nitrogen and oxygen atoms in total. The number of rotatable bonds is 6. The number of hydrogen-bond donors (Lipinski definition) is 1. The highest BCUT2D eigenvalue weighted by atomic mass is 32.1. The summed E-state index contributed by atoms with van der Waals surface area (Å²) in [7, 11) is 0. The molecule has 0 amide bonds. The minimum atomic E-state index is -0.280. The Hall–Kier alpha value is -3.71. The molecule has 3 heterocycles. The van der Waals surface area contributed by atoms with Crippen LogP contribution in [0.5, 0.6) is 5.75 Å². The van der Waals surface area contributed by atoms with E-state index in [4.69, 9.17) is 21.4 Å². The number of furan rings is 1. The van der Waals surface area contributed by atoms with E-state index in [1.807, 2.05) is 54.6 Å². The van der Waals surface area contributed by atoms with Crippen LogP contribution >= 0.6 is 12.2 Å². The third-order valence-corrected chi connectivity index (χ3v) is 7.18. The van der Waals surface area contributed by atoms with E-state index in [-0.39, 0.29) is 17.9 Å². The van der Waals surface area contributed by atoms with Crippen LogP contribution in [0.4, 0.5) is 10.1 Å². The molecule has 7 heteroatoms. The Morgan fingerprint density at radius 3 is 2.44 bits per heavy atom. The molecule has 2 atom stereocenters. The zero-order chi connectivity index (χ0) is 24.5. The minimum Gasteiger partial charge on any atom is -0.490 e. The van der Waals surface area contributed by atoms with Crippen molar-refractivity contribution in [2.75, 3.05) is 4.90 Å². The number of benzene rings is 2. The number of halogens is 1. The molecule has 0 radical (unpaired) electrons. The van der Waals surface area contributed by atoms with E-state index in [1.165, 1.54) is 25.0 Å². The molecule has 182 valence electrons. The molecule has 4 aromatic rings. The van der Waals surface area contributed by atoms with Gasteiger partial charge in [-0.2, -0.15) is 0 Å². The van der Waals surface area contributed by atoms with Gasteiger partial charge in [-0.25, -0.2) is 4.39 Å². The van der Waals surface area contributed by atoms with Gasteiger partial charge in [0.25, 0.3) is 0 Å². The topological polar surface area (TPSA) is 50.5 Å². The molecule has 1 saturated heterocycles. The Bertz CT molecular complexity index is 1340. The molecule has 1 aliphatic carbocycles. The maximum Gasteiger partial charge on any atom is 0.174 e. The van der Waals surface area contributed by atoms with Crippen molar-refractivity contribution in [1.82, 2.24) is 10.3 Å². The van der Waals surface area contributed by atoms with Crippen molar-refractivity contribution in [3.05, 3.63) is 102 Å². The van der Waals surface area contributed by atoms with Crippen molar-refractivity contribution >= 4 is 23.0 Å². The van der Waals surface area contributed by atoms with Crippen LogP contribution < -0.4 is 15.0 Å². The minimum absolute atomic E-state index is 0.208. The first-order valence-electron chi connectivity index (χ1n) is 12.3. The standard InChI is InChI=1S/C29H26FN3O2S/c30-20-10-8-19(9-11-20)25-16-17-26(35-25)28-27(24-7-3-4-18-31-24)32-29(36)33(28)21-12-14-23(15-13-21)34-22-5-1-2-6-22/h3-4,7-18,22,27-28H,1-2,5-6H2,(H,32,36)/t27-,28-/m1/s1. The highest BCUT2D eigenvalue weighted by Gasteiger charge is 2.42. The van der Waals surface area contributed by atoms with Gasteiger partial charge in [-0.15, -0.1) is 0 Å². The van der Waals surface area contributed by atoms with Crippen LogP contribution in [-0.4, -0.2) is 16.2 Å². The second-order valence-corrected chi connectivity index (χ2v) is 9.61. The van der Waals surface area contributed by atoms with E-state index < -0.39 is 0 Å². The summed E-state index contributed by atoms with van der Waals surface area (Å²) < 4.78 is 25.9. The lowest BCUT2D eigenvalue weighted by Gasteiger charge is -2.26. The fraction of sp³-hybridized carbons (Fsp3) is 0.241. The van der Waals surface area contributed by atoms with Crippen molar-refractivity contribution in [3.63, 3.8) is 0 Å². The average molecular weight is 500 g/mol. The Morgan fingerprint density at radius 1 is 0.944 bits per heavy atom. The summed E-state index contributed by atoms with van der Waals surface area (Å²) in [6.45, 7) is 0. The lowest BCUT2D eigenvalue weighted by atomic mass is 10.0. The molecule has 6 rings (SSSR count). The highest BCUT2D eigenvalue weighted by Crippen LogP contribution is 2.43. The summed E-state index contributed by atoms with van der Waals surface area (Å²) >= 11 is 5.81. The van der Waals surface area contributed by atoms with Gasteiger partial charge in [0.15, 0.2) is 5.11 Å².